The highest BCUT2D eigenvalue weighted by Gasteiger charge is 2.22. The summed E-state index contributed by atoms with van der Waals surface area (Å²) in [6, 6.07) is 0. The summed E-state index contributed by atoms with van der Waals surface area (Å²) in [5.74, 6) is -0.812. The lowest BCUT2D eigenvalue weighted by Crippen LogP contribution is -2.37. The van der Waals surface area contributed by atoms with Crippen LogP contribution in [0.3, 0.4) is 0 Å². The van der Waals surface area contributed by atoms with E-state index in [1.54, 1.807) is 0 Å². The molecule has 0 aliphatic rings. The van der Waals surface area contributed by atoms with Gasteiger partial charge < -0.3 is 27.9 Å². The third-order valence-corrected chi connectivity index (χ3v) is 14.6. The minimum atomic E-state index is -4.62. The fourth-order valence-electron chi connectivity index (χ4n) is 9.01. The Kier molecular flexibility index (Phi) is 50.2. The Morgan fingerprint density at radius 3 is 0.941 bits per heavy atom. The van der Waals surface area contributed by atoms with E-state index in [1.165, 1.54) is 244 Å². The topological polar surface area (TPSA) is 111 Å². The molecule has 1 unspecified atom stereocenters. The molecular weight excluding hydrogens is 870 g/mol. The standard InChI is InChI=1S/C58H116NO8P/c1-6-8-10-12-14-16-18-20-21-22-23-24-25-26-27-28-29-30-31-32-33-34-35-36-37-39-40-42-44-46-48-50-57(60)64-54-56(55-66-68(62,63)65-53-52-59(3,4)5)67-58(61)51-49-47-45-43-41-38-19-17-15-13-11-9-7-2/h56H,6-55H2,1-5H3/t56-/m1/s1. The van der Waals surface area contributed by atoms with Gasteiger partial charge in [-0.15, -0.1) is 0 Å². The molecule has 9 nitrogen and oxygen atoms in total. The number of ether oxygens (including phenoxy) is 2. The van der Waals surface area contributed by atoms with Crippen LogP contribution in [0.2, 0.25) is 0 Å². The summed E-state index contributed by atoms with van der Waals surface area (Å²) in [6.07, 6.45) is 57.4. The number of quaternary nitrogens is 1. The molecule has 2 atom stereocenters. The number of hydrogen-bond donors (Lipinski definition) is 0. The van der Waals surface area contributed by atoms with Crippen molar-refractivity contribution < 1.29 is 42.1 Å². The summed E-state index contributed by atoms with van der Waals surface area (Å²) in [7, 11) is 1.19. The molecule has 0 heterocycles. The van der Waals surface area contributed by atoms with Crippen LogP contribution in [0.25, 0.3) is 0 Å². The van der Waals surface area contributed by atoms with Crippen LogP contribution in [0.15, 0.2) is 0 Å². The predicted molar refractivity (Wildman–Crippen MR) is 287 cm³/mol. The molecular formula is C58H116NO8P. The second-order valence-corrected chi connectivity index (χ2v) is 23.1. The van der Waals surface area contributed by atoms with Crippen molar-refractivity contribution >= 4 is 19.8 Å². The second-order valence-electron chi connectivity index (χ2n) is 21.7. The van der Waals surface area contributed by atoms with Gasteiger partial charge in [-0.1, -0.05) is 284 Å². The van der Waals surface area contributed by atoms with Gasteiger partial charge >= 0.3 is 11.9 Å². The van der Waals surface area contributed by atoms with E-state index < -0.39 is 26.5 Å². The summed E-state index contributed by atoms with van der Waals surface area (Å²) in [5.41, 5.74) is 0. The first-order chi connectivity index (χ1) is 33.0. The first kappa shape index (κ1) is 67.0. The van der Waals surface area contributed by atoms with E-state index >= 15 is 0 Å². The van der Waals surface area contributed by atoms with E-state index in [-0.39, 0.29) is 32.0 Å². The predicted octanol–water partition coefficient (Wildman–Crippen LogP) is 17.6. The van der Waals surface area contributed by atoms with Crippen molar-refractivity contribution in [1.82, 2.24) is 0 Å². The van der Waals surface area contributed by atoms with Crippen LogP contribution in [-0.2, 0) is 32.7 Å². The highest BCUT2D eigenvalue weighted by Crippen LogP contribution is 2.38. The normalized spacial score (nSPS) is 13.2. The van der Waals surface area contributed by atoms with Gasteiger partial charge in [0.15, 0.2) is 6.10 Å². The summed E-state index contributed by atoms with van der Waals surface area (Å²) in [4.78, 5) is 37.8. The van der Waals surface area contributed by atoms with Crippen LogP contribution in [0.5, 0.6) is 0 Å². The Bertz CT molecular complexity index is 1120. The van der Waals surface area contributed by atoms with Crippen LogP contribution in [0.1, 0.15) is 309 Å². The molecule has 0 aromatic carbocycles. The quantitative estimate of drug-likeness (QED) is 0.0256. The Morgan fingerprint density at radius 2 is 0.662 bits per heavy atom. The van der Waals surface area contributed by atoms with Crippen molar-refractivity contribution in [3.63, 3.8) is 0 Å². The lowest BCUT2D eigenvalue weighted by atomic mass is 10.0. The van der Waals surface area contributed by atoms with E-state index in [0.717, 1.165) is 32.1 Å². The third-order valence-electron chi connectivity index (χ3n) is 13.6. The second kappa shape index (κ2) is 50.9. The summed E-state index contributed by atoms with van der Waals surface area (Å²) in [6.45, 7) is 4.30. The van der Waals surface area contributed by atoms with Gasteiger partial charge in [-0.3, -0.25) is 14.2 Å². The zero-order valence-electron chi connectivity index (χ0n) is 46.1. The number of carbonyl (C=O) groups excluding carboxylic acids is 2. The Morgan fingerprint density at radius 1 is 0.397 bits per heavy atom. The minimum absolute atomic E-state index is 0.0253. The lowest BCUT2D eigenvalue weighted by Gasteiger charge is -2.28. The first-order valence-electron chi connectivity index (χ1n) is 29.7. The molecule has 0 bridgehead atoms. The van der Waals surface area contributed by atoms with Crippen molar-refractivity contribution in [3.8, 4) is 0 Å². The number of esters is 2. The zero-order chi connectivity index (χ0) is 49.9. The fraction of sp³-hybridized carbons (Fsp3) is 0.966. The molecule has 0 N–H and O–H groups in total. The molecule has 0 aromatic rings. The molecule has 10 heteroatoms. The average molecular weight is 987 g/mol. The fourth-order valence-corrected chi connectivity index (χ4v) is 9.74. The SMILES string of the molecule is CCCCCCCCCCCCCCCCCCCCCCCCCCCCCCCCCC(=O)OC[C@H](COP(=O)([O-])OCC[N+](C)(C)C)OC(=O)CCCCCCCCCCCCCCC. The van der Waals surface area contributed by atoms with Crippen LogP contribution in [-0.4, -0.2) is 70.0 Å². The summed E-state index contributed by atoms with van der Waals surface area (Å²) < 4.78 is 34.1. The van der Waals surface area contributed by atoms with Crippen molar-refractivity contribution in [1.29, 1.82) is 0 Å². The highest BCUT2D eigenvalue weighted by molar-refractivity contribution is 7.45. The largest absolute Gasteiger partial charge is 0.756 e. The minimum Gasteiger partial charge on any atom is -0.756 e. The highest BCUT2D eigenvalue weighted by atomic mass is 31.2. The molecule has 0 amide bonds. The van der Waals surface area contributed by atoms with Crippen LogP contribution >= 0.6 is 7.82 Å². The van der Waals surface area contributed by atoms with Crippen molar-refractivity contribution in [2.45, 2.75) is 315 Å². The molecule has 0 rings (SSSR count). The van der Waals surface area contributed by atoms with Gasteiger partial charge in [-0.05, 0) is 12.8 Å². The van der Waals surface area contributed by atoms with Crippen molar-refractivity contribution in [2.24, 2.45) is 0 Å². The summed E-state index contributed by atoms with van der Waals surface area (Å²) >= 11 is 0. The van der Waals surface area contributed by atoms with E-state index in [9.17, 15) is 19.0 Å². The molecule has 68 heavy (non-hydrogen) atoms. The van der Waals surface area contributed by atoms with E-state index in [0.29, 0.717) is 17.4 Å². The number of unbranched alkanes of at least 4 members (excludes halogenated alkanes) is 42. The number of phosphoric acid groups is 1. The van der Waals surface area contributed by atoms with Gasteiger partial charge in [0, 0.05) is 12.8 Å². The van der Waals surface area contributed by atoms with Crippen LogP contribution in [0.4, 0.5) is 0 Å². The monoisotopic (exact) mass is 986 g/mol. The summed E-state index contributed by atoms with van der Waals surface area (Å²) in [5, 5.41) is 0. The molecule has 0 aliphatic heterocycles. The maximum absolute atomic E-state index is 12.7. The first-order valence-corrected chi connectivity index (χ1v) is 31.2. The lowest BCUT2D eigenvalue weighted by molar-refractivity contribution is -0.870. The van der Waals surface area contributed by atoms with Gasteiger partial charge in [0.25, 0.3) is 7.82 Å². The molecule has 0 saturated carbocycles. The Hall–Kier alpha value is -0.990. The van der Waals surface area contributed by atoms with E-state index in [4.69, 9.17) is 18.5 Å². The van der Waals surface area contributed by atoms with E-state index in [2.05, 4.69) is 13.8 Å². The number of likely N-dealkylation sites (N-methyl/N-ethyl adjacent to an activating group) is 1. The van der Waals surface area contributed by atoms with Crippen LogP contribution < -0.4 is 4.89 Å². The molecule has 0 radical (unpaired) electrons. The zero-order valence-corrected chi connectivity index (χ0v) is 47.0. The Labute approximate surface area is 423 Å². The molecule has 0 spiro atoms. The third kappa shape index (κ3) is 54.3. The smallest absolute Gasteiger partial charge is 0.306 e. The maximum atomic E-state index is 12.7. The van der Waals surface area contributed by atoms with Gasteiger partial charge in [-0.25, -0.2) is 0 Å². The molecule has 406 valence electrons. The van der Waals surface area contributed by atoms with E-state index in [1.807, 2.05) is 21.1 Å². The number of hydrogen-bond acceptors (Lipinski definition) is 8. The molecule has 0 fully saturated rings. The molecule has 0 aromatic heterocycles. The molecule has 0 saturated heterocycles. The van der Waals surface area contributed by atoms with Crippen LogP contribution in [0, 0.1) is 0 Å². The molecule has 0 aliphatic carbocycles. The average Bonchev–Trinajstić information content (AvgIpc) is 3.30. The van der Waals surface area contributed by atoms with Crippen molar-refractivity contribution in [3.05, 3.63) is 0 Å². The van der Waals surface area contributed by atoms with Gasteiger partial charge in [-0.2, -0.15) is 0 Å². The van der Waals surface area contributed by atoms with Gasteiger partial charge in [0.1, 0.15) is 19.8 Å². The maximum Gasteiger partial charge on any atom is 0.306 e. The van der Waals surface area contributed by atoms with Gasteiger partial charge in [0.2, 0.25) is 0 Å². The number of nitrogens with zero attached hydrogens (tertiary/aromatic N) is 1. The van der Waals surface area contributed by atoms with Gasteiger partial charge in [0.05, 0.1) is 27.7 Å². The number of rotatable bonds is 56. The number of phosphoric ester groups is 1. The van der Waals surface area contributed by atoms with Crippen molar-refractivity contribution in [2.75, 3.05) is 47.5 Å². The Balaban J connectivity index is 3.93. The number of carbonyl (C=O) groups is 2.